The van der Waals surface area contributed by atoms with E-state index in [1.807, 2.05) is 36.2 Å². The van der Waals surface area contributed by atoms with E-state index in [9.17, 15) is 0 Å². The summed E-state index contributed by atoms with van der Waals surface area (Å²) in [6.45, 7) is 3.26. The van der Waals surface area contributed by atoms with Crippen molar-refractivity contribution in [3.05, 3.63) is 24.7 Å². The number of piperidine rings is 1. The third kappa shape index (κ3) is 2.06. The molecule has 5 heteroatoms. The van der Waals surface area contributed by atoms with E-state index in [1.165, 1.54) is 12.8 Å². The van der Waals surface area contributed by atoms with E-state index < -0.39 is 0 Å². The van der Waals surface area contributed by atoms with Crippen molar-refractivity contribution in [3.8, 4) is 0 Å². The van der Waals surface area contributed by atoms with E-state index >= 15 is 0 Å². The van der Waals surface area contributed by atoms with Gasteiger partial charge in [-0.15, -0.1) is 0 Å². The molecule has 96 valence electrons. The minimum absolute atomic E-state index is 0.716. The van der Waals surface area contributed by atoms with Crippen LogP contribution in [-0.2, 0) is 0 Å². The van der Waals surface area contributed by atoms with Crippen LogP contribution in [-0.4, -0.2) is 41.3 Å². The third-order valence-electron chi connectivity index (χ3n) is 3.62. The van der Waals surface area contributed by atoms with Crippen LogP contribution in [0.5, 0.6) is 0 Å². The summed E-state index contributed by atoms with van der Waals surface area (Å²) in [6, 6.07) is 2.03. The molecule has 0 radical (unpaired) electrons. The van der Waals surface area contributed by atoms with Gasteiger partial charge in [0.1, 0.15) is 5.52 Å². The second kappa shape index (κ2) is 4.94. The van der Waals surface area contributed by atoms with Crippen LogP contribution < -0.4 is 10.2 Å². The Kier molecular flexibility index (Phi) is 3.15. The molecule has 1 atom stereocenters. The standard InChI is InChI=1S/C13H19N5/c1-14-9-11-3-2-7-17(10-11)13-12-4-5-16-18(12)8-6-15-13/h4-6,8,11,14H,2-3,7,9-10H2,1H3. The predicted molar refractivity (Wildman–Crippen MR) is 71.9 cm³/mol. The normalized spacial score (nSPS) is 20.5. The van der Waals surface area contributed by atoms with E-state index in [4.69, 9.17) is 0 Å². The van der Waals surface area contributed by atoms with E-state index in [0.717, 1.165) is 31.0 Å². The molecule has 1 aliphatic rings. The first kappa shape index (κ1) is 11.5. The summed E-state index contributed by atoms with van der Waals surface area (Å²) in [4.78, 5) is 6.93. The highest BCUT2D eigenvalue weighted by Crippen LogP contribution is 2.24. The maximum atomic E-state index is 4.54. The predicted octanol–water partition coefficient (Wildman–Crippen LogP) is 1.17. The molecule has 1 N–H and O–H groups in total. The fourth-order valence-electron chi connectivity index (χ4n) is 2.80. The summed E-state index contributed by atoms with van der Waals surface area (Å²) < 4.78 is 1.89. The Morgan fingerprint density at radius 3 is 3.28 bits per heavy atom. The van der Waals surface area contributed by atoms with Crippen LogP contribution in [0.1, 0.15) is 12.8 Å². The summed E-state index contributed by atoms with van der Waals surface area (Å²) in [5.74, 6) is 1.78. The van der Waals surface area contributed by atoms with Gasteiger partial charge >= 0.3 is 0 Å². The Labute approximate surface area is 107 Å². The molecule has 2 aromatic heterocycles. The summed E-state index contributed by atoms with van der Waals surface area (Å²) in [5.41, 5.74) is 1.10. The third-order valence-corrected chi connectivity index (χ3v) is 3.62. The van der Waals surface area contributed by atoms with Gasteiger partial charge < -0.3 is 10.2 Å². The van der Waals surface area contributed by atoms with Gasteiger partial charge in [-0.2, -0.15) is 5.10 Å². The molecule has 18 heavy (non-hydrogen) atoms. The van der Waals surface area contributed by atoms with E-state index in [-0.39, 0.29) is 0 Å². The number of nitrogens with one attached hydrogen (secondary N) is 1. The zero-order valence-electron chi connectivity index (χ0n) is 10.7. The van der Waals surface area contributed by atoms with Crippen molar-refractivity contribution in [3.63, 3.8) is 0 Å². The molecular weight excluding hydrogens is 226 g/mol. The van der Waals surface area contributed by atoms with Crippen molar-refractivity contribution in [2.24, 2.45) is 5.92 Å². The lowest BCUT2D eigenvalue weighted by atomic mass is 9.98. The SMILES string of the molecule is CNCC1CCCN(c2nccn3nccc23)C1. The van der Waals surface area contributed by atoms with Crippen molar-refractivity contribution in [1.82, 2.24) is 19.9 Å². The van der Waals surface area contributed by atoms with Gasteiger partial charge in [-0.3, -0.25) is 0 Å². The number of hydrogen-bond donors (Lipinski definition) is 1. The summed E-state index contributed by atoms with van der Waals surface area (Å²) in [5, 5.41) is 7.54. The monoisotopic (exact) mass is 245 g/mol. The van der Waals surface area contributed by atoms with Crippen LogP contribution in [0.25, 0.3) is 5.52 Å². The maximum absolute atomic E-state index is 4.54. The van der Waals surface area contributed by atoms with Gasteiger partial charge in [0.15, 0.2) is 5.82 Å². The molecule has 0 spiro atoms. The second-order valence-corrected chi connectivity index (χ2v) is 4.92. The van der Waals surface area contributed by atoms with Crippen molar-refractivity contribution >= 4 is 11.3 Å². The molecule has 5 nitrogen and oxygen atoms in total. The number of aromatic nitrogens is 3. The first-order valence-corrected chi connectivity index (χ1v) is 6.56. The lowest BCUT2D eigenvalue weighted by molar-refractivity contribution is 0.401. The highest BCUT2D eigenvalue weighted by atomic mass is 15.3. The van der Waals surface area contributed by atoms with Gasteiger partial charge in [0.25, 0.3) is 0 Å². The topological polar surface area (TPSA) is 45.5 Å². The molecule has 3 heterocycles. The molecule has 1 saturated heterocycles. The quantitative estimate of drug-likeness (QED) is 0.881. The van der Waals surface area contributed by atoms with Crippen molar-refractivity contribution < 1.29 is 0 Å². The lowest BCUT2D eigenvalue weighted by Gasteiger charge is -2.33. The maximum Gasteiger partial charge on any atom is 0.154 e. The number of anilines is 1. The smallest absolute Gasteiger partial charge is 0.154 e. The Hall–Kier alpha value is -1.62. The average molecular weight is 245 g/mol. The first-order valence-electron chi connectivity index (χ1n) is 6.56. The fourth-order valence-corrected chi connectivity index (χ4v) is 2.80. The van der Waals surface area contributed by atoms with Gasteiger partial charge in [-0.25, -0.2) is 9.50 Å². The van der Waals surface area contributed by atoms with Crippen LogP contribution in [0.4, 0.5) is 5.82 Å². The molecule has 0 saturated carbocycles. The molecule has 1 fully saturated rings. The summed E-state index contributed by atoms with van der Waals surface area (Å²) >= 11 is 0. The Morgan fingerprint density at radius 1 is 1.44 bits per heavy atom. The molecule has 0 amide bonds. The first-order chi connectivity index (χ1) is 8.88. The van der Waals surface area contributed by atoms with Gasteiger partial charge in [-0.1, -0.05) is 0 Å². The minimum Gasteiger partial charge on any atom is -0.355 e. The Morgan fingerprint density at radius 2 is 2.39 bits per heavy atom. The van der Waals surface area contributed by atoms with Gasteiger partial charge in [-0.05, 0) is 38.4 Å². The minimum atomic E-state index is 0.716. The summed E-state index contributed by atoms with van der Waals surface area (Å²) in [7, 11) is 2.02. The molecule has 2 aromatic rings. The van der Waals surface area contributed by atoms with Gasteiger partial charge in [0.2, 0.25) is 0 Å². The van der Waals surface area contributed by atoms with Crippen molar-refractivity contribution in [1.29, 1.82) is 0 Å². The largest absolute Gasteiger partial charge is 0.355 e. The van der Waals surface area contributed by atoms with E-state index in [0.29, 0.717) is 5.92 Å². The van der Waals surface area contributed by atoms with E-state index in [1.54, 1.807) is 0 Å². The van der Waals surface area contributed by atoms with E-state index in [2.05, 4.69) is 20.3 Å². The summed E-state index contributed by atoms with van der Waals surface area (Å²) in [6.07, 6.45) is 8.10. The van der Waals surface area contributed by atoms with Crippen molar-refractivity contribution in [2.75, 3.05) is 31.6 Å². The molecule has 0 aromatic carbocycles. The Bertz CT molecular complexity index is 519. The highest BCUT2D eigenvalue weighted by Gasteiger charge is 2.21. The molecule has 0 aliphatic carbocycles. The zero-order valence-corrected chi connectivity index (χ0v) is 10.7. The number of fused-ring (bicyclic) bond motifs is 1. The van der Waals surface area contributed by atoms with Crippen LogP contribution in [0.3, 0.4) is 0 Å². The highest BCUT2D eigenvalue weighted by molar-refractivity contribution is 5.68. The molecule has 0 bridgehead atoms. The number of hydrogen-bond acceptors (Lipinski definition) is 4. The van der Waals surface area contributed by atoms with Crippen LogP contribution in [0.15, 0.2) is 24.7 Å². The van der Waals surface area contributed by atoms with Gasteiger partial charge in [0, 0.05) is 25.5 Å². The fraction of sp³-hybridized carbons (Fsp3) is 0.538. The Balaban J connectivity index is 1.87. The van der Waals surface area contributed by atoms with Crippen LogP contribution in [0, 0.1) is 5.92 Å². The molecule has 1 unspecified atom stereocenters. The molecule has 1 aliphatic heterocycles. The zero-order chi connectivity index (χ0) is 12.4. The average Bonchev–Trinajstić information content (AvgIpc) is 2.87. The van der Waals surface area contributed by atoms with Crippen LogP contribution >= 0.6 is 0 Å². The van der Waals surface area contributed by atoms with Crippen molar-refractivity contribution in [2.45, 2.75) is 12.8 Å². The molecular formula is C13H19N5. The number of rotatable bonds is 3. The second-order valence-electron chi connectivity index (χ2n) is 4.92. The lowest BCUT2D eigenvalue weighted by Crippen LogP contribution is -2.39. The number of nitrogens with zero attached hydrogens (tertiary/aromatic N) is 4. The molecule has 3 rings (SSSR count). The van der Waals surface area contributed by atoms with Crippen LogP contribution in [0.2, 0.25) is 0 Å². The van der Waals surface area contributed by atoms with Gasteiger partial charge in [0.05, 0.1) is 6.20 Å².